The van der Waals surface area contributed by atoms with Crippen LogP contribution in [-0.4, -0.2) is 39.3 Å². The van der Waals surface area contributed by atoms with Crippen LogP contribution in [0.25, 0.3) is 11.1 Å². The van der Waals surface area contributed by atoms with Gasteiger partial charge in [-0.2, -0.15) is 0 Å². The third-order valence-electron chi connectivity index (χ3n) is 9.84. The number of rotatable bonds is 23. The first kappa shape index (κ1) is 36.7. The summed E-state index contributed by atoms with van der Waals surface area (Å²) in [6.07, 6.45) is 22.7. The van der Waals surface area contributed by atoms with E-state index in [1.165, 1.54) is 93.7 Å². The zero-order valence-electron chi connectivity index (χ0n) is 28.8. The van der Waals surface area contributed by atoms with Crippen molar-refractivity contribution in [2.75, 3.05) is 33.0 Å². The van der Waals surface area contributed by atoms with Crippen LogP contribution >= 0.6 is 0 Å². The SMILES string of the molecule is C=CCCCCCOOCC1CCC(CCCCC2COC(CCCCCCOc3ccc(-c4ccc(C)cc4)cc3)OC2)CC1. The van der Waals surface area contributed by atoms with Crippen LogP contribution in [0.3, 0.4) is 0 Å². The molecule has 46 heavy (non-hydrogen) atoms. The van der Waals surface area contributed by atoms with Gasteiger partial charge in [0.25, 0.3) is 0 Å². The molecule has 5 nitrogen and oxygen atoms in total. The quantitative estimate of drug-likeness (QED) is 0.0527. The molecule has 0 aromatic heterocycles. The summed E-state index contributed by atoms with van der Waals surface area (Å²) in [6.45, 7) is 9.86. The van der Waals surface area contributed by atoms with E-state index in [1.807, 2.05) is 6.08 Å². The van der Waals surface area contributed by atoms with Crippen molar-refractivity contribution in [1.29, 1.82) is 0 Å². The molecule has 0 unspecified atom stereocenters. The van der Waals surface area contributed by atoms with Gasteiger partial charge in [-0.3, -0.25) is 0 Å². The zero-order chi connectivity index (χ0) is 32.1. The minimum absolute atomic E-state index is 0.00792. The van der Waals surface area contributed by atoms with Crippen molar-refractivity contribution in [3.8, 4) is 16.9 Å². The van der Waals surface area contributed by atoms with Gasteiger partial charge in [-0.1, -0.05) is 99.4 Å². The standard InChI is InChI=1S/C41H62O5/c1-3-4-5-7-13-30-45-46-33-36-21-19-35(20-22-36)14-10-11-15-37-31-43-41(44-32-37)16-9-6-8-12-29-42-40-27-25-39(26-28-40)38-23-17-34(2)18-24-38/h3,17-18,23-28,35-37,41H,1,4-16,19-22,29-33H2,2H3. The van der Waals surface area contributed by atoms with Crippen LogP contribution in [0.15, 0.2) is 61.2 Å². The van der Waals surface area contributed by atoms with Crippen LogP contribution in [0.2, 0.25) is 0 Å². The highest BCUT2D eigenvalue weighted by molar-refractivity contribution is 5.64. The molecule has 2 fully saturated rings. The Balaban J connectivity index is 0.913. The smallest absolute Gasteiger partial charge is 0.157 e. The Morgan fingerprint density at radius 3 is 1.93 bits per heavy atom. The van der Waals surface area contributed by atoms with Gasteiger partial charge in [0.1, 0.15) is 5.75 Å². The van der Waals surface area contributed by atoms with E-state index in [9.17, 15) is 0 Å². The van der Waals surface area contributed by atoms with Crippen molar-refractivity contribution in [2.45, 2.75) is 122 Å². The Labute approximate surface area is 280 Å². The van der Waals surface area contributed by atoms with E-state index >= 15 is 0 Å². The van der Waals surface area contributed by atoms with Crippen molar-refractivity contribution in [3.63, 3.8) is 0 Å². The fraction of sp³-hybridized carbons (Fsp3) is 0.659. The van der Waals surface area contributed by atoms with Crippen LogP contribution in [0.5, 0.6) is 5.75 Å². The highest BCUT2D eigenvalue weighted by atomic mass is 17.2. The van der Waals surface area contributed by atoms with Gasteiger partial charge in [0.2, 0.25) is 0 Å². The summed E-state index contributed by atoms with van der Waals surface area (Å²) in [4.78, 5) is 10.9. The molecule has 0 radical (unpaired) electrons. The number of hydrogen-bond donors (Lipinski definition) is 0. The molecular weight excluding hydrogens is 572 g/mol. The molecule has 1 aliphatic carbocycles. The monoisotopic (exact) mass is 634 g/mol. The summed E-state index contributed by atoms with van der Waals surface area (Å²) < 4.78 is 18.1. The van der Waals surface area contributed by atoms with Gasteiger partial charge in [0.05, 0.1) is 33.0 Å². The van der Waals surface area contributed by atoms with Crippen LogP contribution in [-0.2, 0) is 19.2 Å². The second-order valence-electron chi connectivity index (χ2n) is 13.8. The van der Waals surface area contributed by atoms with E-state index in [1.54, 1.807) is 0 Å². The Hall–Kier alpha value is -2.18. The Morgan fingerprint density at radius 1 is 0.630 bits per heavy atom. The fourth-order valence-corrected chi connectivity index (χ4v) is 6.75. The van der Waals surface area contributed by atoms with Crippen LogP contribution in [0, 0.1) is 24.7 Å². The first-order valence-electron chi connectivity index (χ1n) is 18.6. The molecule has 4 rings (SSSR count). The minimum atomic E-state index is -0.00792. The van der Waals surface area contributed by atoms with Crippen molar-refractivity contribution >= 4 is 0 Å². The Kier molecular flexibility index (Phi) is 17.8. The summed E-state index contributed by atoms with van der Waals surface area (Å²) in [7, 11) is 0. The molecule has 2 aliphatic rings. The van der Waals surface area contributed by atoms with E-state index < -0.39 is 0 Å². The molecule has 2 aromatic rings. The highest BCUT2D eigenvalue weighted by Gasteiger charge is 2.23. The second kappa shape index (κ2) is 22.4. The largest absolute Gasteiger partial charge is 0.494 e. The summed E-state index contributed by atoms with van der Waals surface area (Å²) >= 11 is 0. The van der Waals surface area contributed by atoms with E-state index in [2.05, 4.69) is 62.0 Å². The third kappa shape index (κ3) is 14.7. The fourth-order valence-electron chi connectivity index (χ4n) is 6.75. The van der Waals surface area contributed by atoms with Crippen LogP contribution in [0.4, 0.5) is 0 Å². The predicted molar refractivity (Wildman–Crippen MR) is 189 cm³/mol. The molecule has 5 heteroatoms. The van der Waals surface area contributed by atoms with Gasteiger partial charge in [0, 0.05) is 5.92 Å². The van der Waals surface area contributed by atoms with Crippen molar-refractivity contribution in [1.82, 2.24) is 0 Å². The van der Waals surface area contributed by atoms with Gasteiger partial charge >= 0.3 is 0 Å². The molecule has 0 bridgehead atoms. The molecule has 2 aromatic carbocycles. The number of benzene rings is 2. The van der Waals surface area contributed by atoms with Gasteiger partial charge in [-0.05, 0) is 99.8 Å². The van der Waals surface area contributed by atoms with Gasteiger partial charge in [-0.15, -0.1) is 6.58 Å². The maximum absolute atomic E-state index is 6.08. The molecule has 1 saturated heterocycles. The van der Waals surface area contributed by atoms with E-state index in [-0.39, 0.29) is 6.29 Å². The predicted octanol–water partition coefficient (Wildman–Crippen LogP) is 11.0. The second-order valence-corrected chi connectivity index (χ2v) is 13.8. The minimum Gasteiger partial charge on any atom is -0.494 e. The number of allylic oxidation sites excluding steroid dienone is 1. The number of aryl methyl sites for hydroxylation is 1. The molecule has 0 amide bonds. The molecule has 0 N–H and O–H groups in total. The number of hydrogen-bond acceptors (Lipinski definition) is 5. The Bertz CT molecular complexity index is 1040. The number of unbranched alkanes of at least 4 members (excludes halogenated alkanes) is 7. The lowest BCUT2D eigenvalue weighted by molar-refractivity contribution is -0.302. The van der Waals surface area contributed by atoms with Gasteiger partial charge < -0.3 is 14.2 Å². The topological polar surface area (TPSA) is 46.2 Å². The first-order chi connectivity index (χ1) is 22.7. The highest BCUT2D eigenvalue weighted by Crippen LogP contribution is 2.33. The molecule has 1 heterocycles. The average molecular weight is 635 g/mol. The maximum atomic E-state index is 6.08. The summed E-state index contributed by atoms with van der Waals surface area (Å²) in [5.41, 5.74) is 3.75. The maximum Gasteiger partial charge on any atom is 0.157 e. The lowest BCUT2D eigenvalue weighted by Gasteiger charge is -2.30. The molecule has 0 atom stereocenters. The van der Waals surface area contributed by atoms with E-state index in [0.29, 0.717) is 18.4 Å². The molecule has 1 aliphatic heterocycles. The van der Waals surface area contributed by atoms with Gasteiger partial charge in [-0.25, -0.2) is 9.78 Å². The van der Waals surface area contributed by atoms with E-state index in [4.69, 9.17) is 24.0 Å². The Morgan fingerprint density at radius 2 is 1.22 bits per heavy atom. The number of ether oxygens (including phenoxy) is 3. The third-order valence-corrected chi connectivity index (χ3v) is 9.84. The van der Waals surface area contributed by atoms with Crippen LogP contribution < -0.4 is 4.74 Å². The van der Waals surface area contributed by atoms with Crippen molar-refractivity contribution in [2.24, 2.45) is 17.8 Å². The summed E-state index contributed by atoms with van der Waals surface area (Å²) in [6, 6.07) is 17.1. The van der Waals surface area contributed by atoms with E-state index in [0.717, 1.165) is 70.2 Å². The van der Waals surface area contributed by atoms with Crippen molar-refractivity contribution in [3.05, 3.63) is 66.7 Å². The lowest BCUT2D eigenvalue weighted by atomic mass is 9.80. The molecular formula is C41H62O5. The average Bonchev–Trinajstić information content (AvgIpc) is 3.09. The van der Waals surface area contributed by atoms with Crippen LogP contribution in [0.1, 0.15) is 115 Å². The molecule has 256 valence electrons. The lowest BCUT2D eigenvalue weighted by Crippen LogP contribution is -2.32. The molecule has 1 saturated carbocycles. The van der Waals surface area contributed by atoms with Crippen molar-refractivity contribution < 1.29 is 24.0 Å². The summed E-state index contributed by atoms with van der Waals surface area (Å²) in [5, 5.41) is 0. The first-order valence-corrected chi connectivity index (χ1v) is 18.6. The molecule has 0 spiro atoms. The van der Waals surface area contributed by atoms with Gasteiger partial charge in [0.15, 0.2) is 6.29 Å². The summed E-state index contributed by atoms with van der Waals surface area (Å²) in [5.74, 6) is 3.09. The zero-order valence-corrected chi connectivity index (χ0v) is 28.8. The normalized spacial score (nSPS) is 21.7.